The Labute approximate surface area is 182 Å². The molecule has 174 valence electrons. The number of hydrogen-bond acceptors (Lipinski definition) is 5. The number of carbonyl (C=O) groups excluding carboxylic acids is 2. The molecule has 0 aromatic carbocycles. The van der Waals surface area contributed by atoms with Crippen LogP contribution in [0, 0.1) is 11.8 Å². The molecule has 4 N–H and O–H groups in total. The number of carboxylic acid groups (broad SMARTS) is 1. The fourth-order valence-electron chi connectivity index (χ4n) is 2.79. The van der Waals surface area contributed by atoms with Gasteiger partial charge in [0, 0.05) is 0 Å². The summed E-state index contributed by atoms with van der Waals surface area (Å²) in [6, 6.07) is -1.20. The van der Waals surface area contributed by atoms with Crippen LogP contribution in [0.15, 0.2) is 0 Å². The molecule has 8 heteroatoms. The van der Waals surface area contributed by atoms with Crippen LogP contribution >= 0.6 is 12.4 Å². The van der Waals surface area contributed by atoms with Gasteiger partial charge in [0.25, 0.3) is 0 Å². The number of esters is 1. The quantitative estimate of drug-likeness (QED) is 0.202. The minimum absolute atomic E-state index is 0. The van der Waals surface area contributed by atoms with E-state index >= 15 is 0 Å². The standard InChI is InChI=1S/C12H23NO3.C9H19NO2.ClH/c1-4-6-7-8-10(3)11(13-9-14)12(15)16-5-2;1-3-4-5-6-7(2)8(10)9(11)12;/h9-11H,4-8H2,1-3H3,(H,13,14);7-8H,3-6,10H2,1-2H3,(H,11,12);1H. The zero-order chi connectivity index (χ0) is 21.9. The van der Waals surface area contributed by atoms with E-state index < -0.39 is 18.1 Å². The zero-order valence-corrected chi connectivity index (χ0v) is 19.6. The van der Waals surface area contributed by atoms with Crippen LogP contribution in [0.25, 0.3) is 0 Å². The molecule has 0 rings (SSSR count). The van der Waals surface area contributed by atoms with E-state index in [1.807, 2.05) is 13.8 Å². The molecule has 0 saturated heterocycles. The third-order valence-electron chi connectivity index (χ3n) is 4.78. The summed E-state index contributed by atoms with van der Waals surface area (Å²) < 4.78 is 4.92. The van der Waals surface area contributed by atoms with Crippen molar-refractivity contribution in [2.45, 2.75) is 98.1 Å². The van der Waals surface area contributed by atoms with E-state index in [-0.39, 0.29) is 30.2 Å². The second-order valence-corrected chi connectivity index (χ2v) is 7.32. The molecule has 0 fully saturated rings. The summed E-state index contributed by atoms with van der Waals surface area (Å²) in [4.78, 5) is 32.5. The molecular formula is C21H43ClN2O5. The van der Waals surface area contributed by atoms with Crippen molar-refractivity contribution in [2.24, 2.45) is 17.6 Å². The number of rotatable bonds is 15. The number of carbonyl (C=O) groups is 3. The summed E-state index contributed by atoms with van der Waals surface area (Å²) in [6.45, 7) is 10.2. The molecule has 0 aliphatic rings. The van der Waals surface area contributed by atoms with Crippen LogP contribution in [0.1, 0.15) is 86.0 Å². The first kappa shape index (κ1) is 32.3. The molecular weight excluding hydrogens is 396 g/mol. The predicted molar refractivity (Wildman–Crippen MR) is 119 cm³/mol. The SMILES string of the molecule is CCCCCC(C)C(N)C(=O)O.CCCCCC(C)C(NC=O)C(=O)OCC.Cl. The van der Waals surface area contributed by atoms with Gasteiger partial charge in [-0.3, -0.25) is 9.59 Å². The monoisotopic (exact) mass is 438 g/mol. The molecule has 0 aromatic rings. The normalized spacial score (nSPS) is 14.1. The van der Waals surface area contributed by atoms with E-state index in [0.29, 0.717) is 13.0 Å². The Kier molecular flexibility index (Phi) is 23.8. The number of unbranched alkanes of at least 4 members (excludes halogenated alkanes) is 4. The van der Waals surface area contributed by atoms with Crippen LogP contribution in [0.3, 0.4) is 0 Å². The highest BCUT2D eigenvalue weighted by Crippen LogP contribution is 2.14. The number of halogens is 1. The van der Waals surface area contributed by atoms with Crippen LogP contribution in [-0.2, 0) is 19.1 Å². The fourth-order valence-corrected chi connectivity index (χ4v) is 2.79. The van der Waals surface area contributed by atoms with E-state index in [0.717, 1.165) is 51.4 Å². The van der Waals surface area contributed by atoms with Gasteiger partial charge in [0.1, 0.15) is 12.1 Å². The fraction of sp³-hybridized carbons (Fsp3) is 0.857. The van der Waals surface area contributed by atoms with Gasteiger partial charge < -0.3 is 20.9 Å². The minimum atomic E-state index is -0.890. The average molecular weight is 439 g/mol. The summed E-state index contributed by atoms with van der Waals surface area (Å²) in [5.41, 5.74) is 5.44. The lowest BCUT2D eigenvalue weighted by molar-refractivity contribution is -0.148. The van der Waals surface area contributed by atoms with Crippen LogP contribution in [0.5, 0.6) is 0 Å². The zero-order valence-electron chi connectivity index (χ0n) is 18.8. The van der Waals surface area contributed by atoms with Crippen molar-refractivity contribution in [2.75, 3.05) is 6.61 Å². The molecule has 0 bridgehead atoms. The summed E-state index contributed by atoms with van der Waals surface area (Å²) >= 11 is 0. The molecule has 7 nitrogen and oxygen atoms in total. The molecule has 0 saturated carbocycles. The van der Waals surface area contributed by atoms with E-state index in [1.54, 1.807) is 6.92 Å². The Balaban J connectivity index is -0.000000468. The van der Waals surface area contributed by atoms with E-state index in [2.05, 4.69) is 19.2 Å². The van der Waals surface area contributed by atoms with Gasteiger partial charge in [-0.15, -0.1) is 12.4 Å². The molecule has 0 aliphatic heterocycles. The van der Waals surface area contributed by atoms with Gasteiger partial charge in [-0.1, -0.05) is 66.2 Å². The number of hydrogen-bond donors (Lipinski definition) is 3. The lowest BCUT2D eigenvalue weighted by atomic mass is 9.95. The maximum absolute atomic E-state index is 11.6. The average Bonchev–Trinajstić information content (AvgIpc) is 2.66. The Morgan fingerprint density at radius 3 is 1.86 bits per heavy atom. The van der Waals surface area contributed by atoms with Crippen molar-refractivity contribution in [3.63, 3.8) is 0 Å². The van der Waals surface area contributed by atoms with Gasteiger partial charge in [-0.2, -0.15) is 0 Å². The lowest BCUT2D eigenvalue weighted by Crippen LogP contribution is -2.42. The Morgan fingerprint density at radius 1 is 1.00 bits per heavy atom. The number of carboxylic acids is 1. The van der Waals surface area contributed by atoms with Crippen LogP contribution in [-0.4, -0.2) is 42.1 Å². The van der Waals surface area contributed by atoms with Gasteiger partial charge in [-0.25, -0.2) is 4.79 Å². The van der Waals surface area contributed by atoms with Crippen molar-refractivity contribution in [3.8, 4) is 0 Å². The lowest BCUT2D eigenvalue weighted by Gasteiger charge is -2.21. The van der Waals surface area contributed by atoms with Crippen molar-refractivity contribution in [3.05, 3.63) is 0 Å². The van der Waals surface area contributed by atoms with Crippen LogP contribution in [0.4, 0.5) is 0 Å². The molecule has 0 heterocycles. The van der Waals surface area contributed by atoms with E-state index in [1.165, 1.54) is 0 Å². The molecule has 29 heavy (non-hydrogen) atoms. The summed E-state index contributed by atoms with van der Waals surface area (Å²) in [7, 11) is 0. The smallest absolute Gasteiger partial charge is 0.328 e. The summed E-state index contributed by atoms with van der Waals surface area (Å²) in [5, 5.41) is 11.1. The number of ether oxygens (including phenoxy) is 1. The maximum atomic E-state index is 11.6. The molecule has 0 spiro atoms. The van der Waals surface area contributed by atoms with Gasteiger partial charge in [0.15, 0.2) is 0 Å². The first-order valence-corrected chi connectivity index (χ1v) is 10.6. The molecule has 0 radical (unpaired) electrons. The van der Waals surface area contributed by atoms with Gasteiger partial charge in [-0.05, 0) is 31.6 Å². The number of amides is 1. The number of nitrogens with two attached hydrogens (primary N) is 1. The summed E-state index contributed by atoms with van der Waals surface area (Å²) in [6.07, 6.45) is 9.20. The predicted octanol–water partition coefficient (Wildman–Crippen LogP) is 3.92. The Bertz CT molecular complexity index is 424. The summed E-state index contributed by atoms with van der Waals surface area (Å²) in [5.74, 6) is -1.01. The minimum Gasteiger partial charge on any atom is -0.480 e. The molecule has 4 atom stereocenters. The van der Waals surface area contributed by atoms with Crippen LogP contribution < -0.4 is 11.1 Å². The largest absolute Gasteiger partial charge is 0.480 e. The highest BCUT2D eigenvalue weighted by Gasteiger charge is 2.25. The highest BCUT2D eigenvalue weighted by atomic mass is 35.5. The van der Waals surface area contributed by atoms with Gasteiger partial charge in [0.05, 0.1) is 6.61 Å². The molecule has 0 aliphatic carbocycles. The van der Waals surface area contributed by atoms with Crippen molar-refractivity contribution in [1.29, 1.82) is 0 Å². The van der Waals surface area contributed by atoms with Gasteiger partial charge in [0.2, 0.25) is 6.41 Å². The number of aliphatic carboxylic acids is 1. The first-order chi connectivity index (χ1) is 13.3. The third-order valence-corrected chi connectivity index (χ3v) is 4.78. The first-order valence-electron chi connectivity index (χ1n) is 10.6. The highest BCUT2D eigenvalue weighted by molar-refractivity contribution is 5.85. The Morgan fingerprint density at radius 2 is 1.48 bits per heavy atom. The molecule has 4 unspecified atom stereocenters. The van der Waals surface area contributed by atoms with Crippen molar-refractivity contribution < 1.29 is 24.2 Å². The van der Waals surface area contributed by atoms with E-state index in [9.17, 15) is 14.4 Å². The van der Waals surface area contributed by atoms with Crippen molar-refractivity contribution >= 4 is 30.8 Å². The third kappa shape index (κ3) is 17.2. The number of nitrogens with one attached hydrogen (secondary N) is 1. The second-order valence-electron chi connectivity index (χ2n) is 7.32. The Hall–Kier alpha value is -1.34. The van der Waals surface area contributed by atoms with Crippen molar-refractivity contribution in [1.82, 2.24) is 5.32 Å². The molecule has 0 aromatic heterocycles. The van der Waals surface area contributed by atoms with Gasteiger partial charge >= 0.3 is 11.9 Å². The second kappa shape index (κ2) is 21.4. The maximum Gasteiger partial charge on any atom is 0.328 e. The van der Waals surface area contributed by atoms with E-state index in [4.69, 9.17) is 15.6 Å². The van der Waals surface area contributed by atoms with Crippen LogP contribution in [0.2, 0.25) is 0 Å². The topological polar surface area (TPSA) is 119 Å². The molecule has 1 amide bonds.